The van der Waals surface area contributed by atoms with Crippen LogP contribution in [0.25, 0.3) is 0 Å². The molecule has 0 aliphatic rings. The highest BCUT2D eigenvalue weighted by Crippen LogP contribution is 2.22. The molecule has 1 aromatic rings. The Bertz CT molecular complexity index is 407. The van der Waals surface area contributed by atoms with Gasteiger partial charge in [0.1, 0.15) is 5.38 Å². The number of rotatable bonds is 7. The van der Waals surface area contributed by atoms with Crippen LogP contribution in [0.3, 0.4) is 0 Å². The van der Waals surface area contributed by atoms with Crippen LogP contribution in [0, 0.1) is 0 Å². The Morgan fingerprint density at radius 3 is 2.63 bits per heavy atom. The summed E-state index contributed by atoms with van der Waals surface area (Å²) >= 11 is 5.95. The first kappa shape index (κ1) is 16.0. The first-order valence-corrected chi connectivity index (χ1v) is 7.16. The summed E-state index contributed by atoms with van der Waals surface area (Å²) in [6.45, 7) is 7.41. The summed E-state index contributed by atoms with van der Waals surface area (Å²) in [6.07, 6.45) is 0.880. The number of para-hydroxylation sites is 1. The van der Waals surface area contributed by atoms with Gasteiger partial charge in [0.2, 0.25) is 5.91 Å². The molecule has 0 fully saturated rings. The molecule has 1 amide bonds. The van der Waals surface area contributed by atoms with Gasteiger partial charge in [-0.1, -0.05) is 25.1 Å². The van der Waals surface area contributed by atoms with Crippen LogP contribution in [0.4, 0.5) is 5.69 Å². The van der Waals surface area contributed by atoms with Crippen LogP contribution in [0.2, 0.25) is 0 Å². The van der Waals surface area contributed by atoms with Crippen LogP contribution in [-0.4, -0.2) is 31.0 Å². The van der Waals surface area contributed by atoms with Crippen molar-refractivity contribution < 1.29 is 9.53 Å². The molecule has 0 saturated carbocycles. The molecule has 106 valence electrons. The third kappa shape index (κ3) is 4.51. The minimum Gasteiger partial charge on any atom is -0.380 e. The van der Waals surface area contributed by atoms with Gasteiger partial charge in [0.25, 0.3) is 0 Å². The lowest BCUT2D eigenvalue weighted by Gasteiger charge is -2.26. The Morgan fingerprint density at radius 2 is 2.05 bits per heavy atom. The zero-order valence-electron chi connectivity index (χ0n) is 11.9. The third-order valence-corrected chi connectivity index (χ3v) is 3.12. The molecule has 0 spiro atoms. The summed E-state index contributed by atoms with van der Waals surface area (Å²) in [7, 11) is 0. The van der Waals surface area contributed by atoms with Crippen molar-refractivity contribution in [2.45, 2.75) is 32.6 Å². The molecule has 0 aliphatic carbocycles. The lowest BCUT2D eigenvalue weighted by Crippen LogP contribution is -2.38. The summed E-state index contributed by atoms with van der Waals surface area (Å²) in [4.78, 5) is 14.0. The van der Waals surface area contributed by atoms with Gasteiger partial charge in [0, 0.05) is 18.8 Å². The van der Waals surface area contributed by atoms with Crippen LogP contribution in [0.5, 0.6) is 0 Å². The first-order valence-electron chi connectivity index (χ1n) is 6.72. The molecule has 3 nitrogen and oxygen atoms in total. The molecule has 0 aliphatic heterocycles. The quantitative estimate of drug-likeness (QED) is 0.568. The molecule has 0 bridgehead atoms. The Kier molecular flexibility index (Phi) is 6.89. The van der Waals surface area contributed by atoms with Gasteiger partial charge in [-0.3, -0.25) is 4.79 Å². The number of anilines is 1. The number of hydrogen-bond acceptors (Lipinski definition) is 2. The number of amides is 1. The van der Waals surface area contributed by atoms with E-state index in [1.807, 2.05) is 31.2 Å². The highest BCUT2D eigenvalue weighted by atomic mass is 35.5. The average Bonchev–Trinajstić information content (AvgIpc) is 2.43. The third-order valence-electron chi connectivity index (χ3n) is 2.93. The van der Waals surface area contributed by atoms with Crippen molar-refractivity contribution >= 4 is 23.2 Å². The van der Waals surface area contributed by atoms with Crippen molar-refractivity contribution in [2.75, 3.05) is 24.7 Å². The van der Waals surface area contributed by atoms with Crippen molar-refractivity contribution in [3.8, 4) is 0 Å². The van der Waals surface area contributed by atoms with E-state index >= 15 is 0 Å². The molecule has 1 atom stereocenters. The number of carbonyl (C=O) groups excluding carboxylic acids is 1. The summed E-state index contributed by atoms with van der Waals surface area (Å²) in [5.74, 6) is -0.0812. The second kappa shape index (κ2) is 8.18. The zero-order chi connectivity index (χ0) is 14.3. The van der Waals surface area contributed by atoms with E-state index in [1.165, 1.54) is 0 Å². The first-order chi connectivity index (χ1) is 9.11. The highest BCUT2D eigenvalue weighted by molar-refractivity contribution is 6.32. The molecule has 0 saturated heterocycles. The Hall–Kier alpha value is -1.06. The highest BCUT2D eigenvalue weighted by Gasteiger charge is 2.21. The van der Waals surface area contributed by atoms with Crippen molar-refractivity contribution in [1.82, 2.24) is 0 Å². The van der Waals surface area contributed by atoms with Gasteiger partial charge >= 0.3 is 0 Å². The van der Waals surface area contributed by atoms with Crippen LogP contribution in [-0.2, 0) is 16.0 Å². The molecule has 0 N–H and O–H groups in total. The number of hydrogen-bond donors (Lipinski definition) is 0. The van der Waals surface area contributed by atoms with E-state index in [1.54, 1.807) is 11.8 Å². The lowest BCUT2D eigenvalue weighted by atomic mass is 10.1. The Labute approximate surface area is 120 Å². The maximum absolute atomic E-state index is 12.2. The van der Waals surface area contributed by atoms with E-state index in [2.05, 4.69) is 6.92 Å². The summed E-state index contributed by atoms with van der Waals surface area (Å²) in [5, 5.41) is -0.536. The minimum absolute atomic E-state index is 0.0812. The second-order valence-corrected chi connectivity index (χ2v) is 4.94. The molecule has 0 radical (unpaired) electrons. The lowest BCUT2D eigenvalue weighted by molar-refractivity contribution is -0.118. The maximum Gasteiger partial charge on any atom is 0.244 e. The van der Waals surface area contributed by atoms with E-state index in [9.17, 15) is 4.79 Å². The van der Waals surface area contributed by atoms with Gasteiger partial charge in [-0.2, -0.15) is 0 Å². The van der Waals surface area contributed by atoms with Gasteiger partial charge in [-0.25, -0.2) is 0 Å². The number of halogens is 1. The number of aryl methyl sites for hydroxylation is 1. The molecule has 0 heterocycles. The standard InChI is InChI=1S/C15H22ClNO2/c1-4-13-8-6-7-9-14(13)17(10-11-19-5-2)15(18)12(3)16/h6-9,12H,4-5,10-11H2,1-3H3. The molecular formula is C15H22ClNO2. The number of benzene rings is 1. The minimum atomic E-state index is -0.536. The van der Waals surface area contributed by atoms with Crippen molar-refractivity contribution in [1.29, 1.82) is 0 Å². The van der Waals surface area contributed by atoms with E-state index in [0.29, 0.717) is 19.8 Å². The van der Waals surface area contributed by atoms with Crippen LogP contribution < -0.4 is 4.90 Å². The van der Waals surface area contributed by atoms with E-state index in [0.717, 1.165) is 17.7 Å². The largest absolute Gasteiger partial charge is 0.380 e. The topological polar surface area (TPSA) is 29.5 Å². The fraction of sp³-hybridized carbons (Fsp3) is 0.533. The predicted molar refractivity (Wildman–Crippen MR) is 80.0 cm³/mol. The number of ether oxygens (including phenoxy) is 1. The summed E-state index contributed by atoms with van der Waals surface area (Å²) in [5.41, 5.74) is 2.08. The van der Waals surface area contributed by atoms with Crippen molar-refractivity contribution in [3.05, 3.63) is 29.8 Å². The van der Waals surface area contributed by atoms with Crippen LogP contribution in [0.1, 0.15) is 26.3 Å². The number of alkyl halides is 1. The normalized spacial score (nSPS) is 12.2. The fourth-order valence-electron chi connectivity index (χ4n) is 1.94. The second-order valence-electron chi connectivity index (χ2n) is 4.29. The molecule has 1 aromatic carbocycles. The van der Waals surface area contributed by atoms with Crippen molar-refractivity contribution in [2.24, 2.45) is 0 Å². The zero-order valence-corrected chi connectivity index (χ0v) is 12.6. The molecule has 1 unspecified atom stereocenters. The van der Waals surface area contributed by atoms with E-state index in [4.69, 9.17) is 16.3 Å². The Morgan fingerprint density at radius 1 is 1.37 bits per heavy atom. The predicted octanol–water partition coefficient (Wildman–Crippen LogP) is 3.25. The Balaban J connectivity index is 2.97. The molecule has 4 heteroatoms. The van der Waals surface area contributed by atoms with E-state index < -0.39 is 5.38 Å². The SMILES string of the molecule is CCOCCN(C(=O)C(C)Cl)c1ccccc1CC. The maximum atomic E-state index is 12.2. The monoisotopic (exact) mass is 283 g/mol. The average molecular weight is 284 g/mol. The number of carbonyl (C=O) groups is 1. The van der Waals surface area contributed by atoms with Gasteiger partial charge in [0.05, 0.1) is 6.61 Å². The van der Waals surface area contributed by atoms with Crippen LogP contribution in [0.15, 0.2) is 24.3 Å². The van der Waals surface area contributed by atoms with Gasteiger partial charge in [0.15, 0.2) is 0 Å². The molecule has 0 aromatic heterocycles. The van der Waals surface area contributed by atoms with Crippen LogP contribution >= 0.6 is 11.6 Å². The smallest absolute Gasteiger partial charge is 0.244 e. The molecule has 19 heavy (non-hydrogen) atoms. The van der Waals surface area contributed by atoms with Crippen molar-refractivity contribution in [3.63, 3.8) is 0 Å². The molecule has 1 rings (SSSR count). The van der Waals surface area contributed by atoms with Gasteiger partial charge < -0.3 is 9.64 Å². The summed E-state index contributed by atoms with van der Waals surface area (Å²) in [6, 6.07) is 7.92. The number of nitrogens with zero attached hydrogens (tertiary/aromatic N) is 1. The fourth-order valence-corrected chi connectivity index (χ4v) is 2.06. The summed E-state index contributed by atoms with van der Waals surface area (Å²) < 4.78 is 5.35. The molecular weight excluding hydrogens is 262 g/mol. The van der Waals surface area contributed by atoms with Gasteiger partial charge in [-0.05, 0) is 31.9 Å². The van der Waals surface area contributed by atoms with Gasteiger partial charge in [-0.15, -0.1) is 11.6 Å². The van der Waals surface area contributed by atoms with E-state index in [-0.39, 0.29) is 5.91 Å².